The Morgan fingerprint density at radius 3 is 2.62 bits per heavy atom. The summed E-state index contributed by atoms with van der Waals surface area (Å²) in [6.45, 7) is 0. The van der Waals surface area contributed by atoms with Gasteiger partial charge in [-0.1, -0.05) is 6.08 Å². The number of carbonyl (C=O) groups is 1. The Bertz CT molecular complexity index is 433. The highest BCUT2D eigenvalue weighted by Crippen LogP contribution is 2.12. The molecule has 0 aromatic carbocycles. The summed E-state index contributed by atoms with van der Waals surface area (Å²) in [5.41, 5.74) is 5.26. The quantitative estimate of drug-likeness (QED) is 0.546. The molecule has 1 aliphatic rings. The molecule has 1 rings (SSSR count). The van der Waals surface area contributed by atoms with E-state index in [2.05, 4.69) is 0 Å². The summed E-state index contributed by atoms with van der Waals surface area (Å²) in [6.07, 6.45) is 2.59. The summed E-state index contributed by atoms with van der Waals surface area (Å²) in [7, 11) is -2.38. The van der Waals surface area contributed by atoms with Crippen LogP contribution in [0, 0.1) is 0 Å². The molecule has 13 heavy (non-hydrogen) atoms. The van der Waals surface area contributed by atoms with E-state index in [1.54, 1.807) is 0 Å². The lowest BCUT2D eigenvalue weighted by molar-refractivity contribution is -0.132. The molecule has 3 N–H and O–H groups in total. The Balaban J connectivity index is 3.25. The molecular formula is C7H7NO4S. The van der Waals surface area contributed by atoms with Crippen molar-refractivity contribution in [1.82, 2.24) is 0 Å². The largest absolute Gasteiger partial charge is 0.478 e. The molecule has 0 spiro atoms. The van der Waals surface area contributed by atoms with Crippen molar-refractivity contribution in [2.24, 2.45) is 5.73 Å². The van der Waals surface area contributed by atoms with Gasteiger partial charge in [0.1, 0.15) is 0 Å². The van der Waals surface area contributed by atoms with Gasteiger partial charge in [-0.05, 0) is 6.08 Å². The Kier molecular flexibility index (Phi) is 2.52. The molecule has 0 fully saturated rings. The Morgan fingerprint density at radius 2 is 2.15 bits per heavy atom. The van der Waals surface area contributed by atoms with Gasteiger partial charge in [0.15, 0.2) is 0 Å². The van der Waals surface area contributed by atoms with E-state index in [1.807, 2.05) is 0 Å². The third-order valence-electron chi connectivity index (χ3n) is 1.58. The van der Waals surface area contributed by atoms with Crippen molar-refractivity contribution in [2.45, 2.75) is 6.42 Å². The summed E-state index contributed by atoms with van der Waals surface area (Å²) >= 11 is 0. The third-order valence-corrected chi connectivity index (χ3v) is 2.30. The average molecular weight is 201 g/mol. The van der Waals surface area contributed by atoms with E-state index in [-0.39, 0.29) is 22.6 Å². The van der Waals surface area contributed by atoms with E-state index in [0.29, 0.717) is 0 Å². The van der Waals surface area contributed by atoms with Gasteiger partial charge < -0.3 is 10.8 Å². The maximum atomic E-state index is 10.5. The lowest BCUT2D eigenvalue weighted by Gasteiger charge is -2.07. The molecule has 6 heteroatoms. The first-order valence-electron chi connectivity index (χ1n) is 3.38. The van der Waals surface area contributed by atoms with E-state index < -0.39 is 16.3 Å². The predicted molar refractivity (Wildman–Crippen MR) is 46.5 cm³/mol. The predicted octanol–water partition coefficient (Wildman–Crippen LogP) is -0.705. The molecule has 1 aliphatic carbocycles. The van der Waals surface area contributed by atoms with Crippen molar-refractivity contribution in [3.05, 3.63) is 23.4 Å². The molecule has 0 amide bonds. The first-order chi connectivity index (χ1) is 6.02. The fourth-order valence-corrected chi connectivity index (χ4v) is 1.36. The normalized spacial score (nSPS) is 16.2. The molecule has 70 valence electrons. The lowest BCUT2D eigenvalue weighted by atomic mass is 10.0. The van der Waals surface area contributed by atoms with Crippen LogP contribution < -0.4 is 5.73 Å². The third kappa shape index (κ3) is 1.97. The summed E-state index contributed by atoms with van der Waals surface area (Å²) in [5, 5.41) is 8.60. The van der Waals surface area contributed by atoms with Crippen molar-refractivity contribution in [1.29, 1.82) is 0 Å². The van der Waals surface area contributed by atoms with Crippen molar-refractivity contribution >= 4 is 21.1 Å². The van der Waals surface area contributed by atoms with Crippen molar-refractivity contribution in [2.75, 3.05) is 0 Å². The van der Waals surface area contributed by atoms with Gasteiger partial charge in [0, 0.05) is 12.1 Å². The molecule has 0 radical (unpaired) electrons. The summed E-state index contributed by atoms with van der Waals surface area (Å²) in [6, 6.07) is 0. The molecule has 0 heterocycles. The van der Waals surface area contributed by atoms with Gasteiger partial charge in [-0.2, -0.15) is 8.42 Å². The number of carboxylic acids is 1. The molecule has 0 aromatic heterocycles. The molecule has 0 aliphatic heterocycles. The van der Waals surface area contributed by atoms with Crippen LogP contribution in [0.15, 0.2) is 23.4 Å². The maximum absolute atomic E-state index is 10.5. The minimum Gasteiger partial charge on any atom is -0.478 e. The second-order valence-corrected chi connectivity index (χ2v) is 3.42. The number of nitrogens with two attached hydrogens (primary N) is 1. The Labute approximate surface area is 75.7 Å². The van der Waals surface area contributed by atoms with Crippen LogP contribution in [0.1, 0.15) is 6.42 Å². The van der Waals surface area contributed by atoms with E-state index >= 15 is 0 Å². The van der Waals surface area contributed by atoms with Gasteiger partial charge in [0.25, 0.3) is 0 Å². The molecule has 0 bridgehead atoms. The fourth-order valence-electron chi connectivity index (χ4n) is 0.925. The first kappa shape index (κ1) is 9.53. The van der Waals surface area contributed by atoms with E-state index in [1.165, 1.54) is 6.08 Å². The van der Waals surface area contributed by atoms with E-state index in [9.17, 15) is 13.2 Å². The number of hydrogen-bond donors (Lipinski definition) is 2. The summed E-state index contributed by atoms with van der Waals surface area (Å²) < 4.78 is 21.0. The minimum atomic E-state index is -2.38. The molecule has 0 saturated carbocycles. The number of hydrogen-bond acceptors (Lipinski definition) is 4. The molecule has 0 unspecified atom stereocenters. The van der Waals surface area contributed by atoms with E-state index in [4.69, 9.17) is 10.8 Å². The molecular weight excluding hydrogens is 194 g/mol. The zero-order chi connectivity index (χ0) is 10.0. The number of allylic oxidation sites excluding steroid dienone is 2. The smallest absolute Gasteiger partial charge is 0.337 e. The topological polar surface area (TPSA) is 97.5 Å². The van der Waals surface area contributed by atoms with Crippen LogP contribution >= 0.6 is 0 Å². The minimum absolute atomic E-state index is 0.0339. The summed E-state index contributed by atoms with van der Waals surface area (Å²) in [4.78, 5) is 10.6. The molecule has 0 saturated heterocycles. The van der Waals surface area contributed by atoms with Crippen LogP contribution in [0.3, 0.4) is 0 Å². The lowest BCUT2D eigenvalue weighted by Crippen LogP contribution is -2.16. The Morgan fingerprint density at radius 1 is 1.54 bits per heavy atom. The molecule has 0 atom stereocenters. The summed E-state index contributed by atoms with van der Waals surface area (Å²) in [5.74, 6) is -1.23. The van der Waals surface area contributed by atoms with Crippen LogP contribution in [0.2, 0.25) is 0 Å². The monoisotopic (exact) mass is 201 g/mol. The zero-order valence-electron chi connectivity index (χ0n) is 6.52. The van der Waals surface area contributed by atoms with Gasteiger partial charge in [0.2, 0.25) is 10.3 Å². The maximum Gasteiger partial charge on any atom is 0.337 e. The second-order valence-electron chi connectivity index (χ2n) is 2.43. The van der Waals surface area contributed by atoms with Crippen molar-refractivity contribution < 1.29 is 18.3 Å². The molecule has 5 nitrogen and oxygen atoms in total. The van der Waals surface area contributed by atoms with Crippen molar-refractivity contribution in [3.63, 3.8) is 0 Å². The van der Waals surface area contributed by atoms with Gasteiger partial charge in [-0.15, -0.1) is 0 Å². The van der Waals surface area contributed by atoms with Crippen molar-refractivity contribution in [3.8, 4) is 0 Å². The molecule has 0 aromatic rings. The van der Waals surface area contributed by atoms with Crippen LogP contribution in [-0.4, -0.2) is 24.4 Å². The van der Waals surface area contributed by atoms with Gasteiger partial charge in [-0.3, -0.25) is 0 Å². The van der Waals surface area contributed by atoms with Gasteiger partial charge >= 0.3 is 5.97 Å². The Hall–Kier alpha value is -1.56. The number of carboxylic acid groups (broad SMARTS) is 1. The number of aliphatic carboxylic acids is 1. The highest BCUT2D eigenvalue weighted by Gasteiger charge is 2.16. The zero-order valence-corrected chi connectivity index (χ0v) is 7.34. The SMILES string of the molecule is NC1=CCC(=S(=O)=O)C=C1C(=O)O. The highest BCUT2D eigenvalue weighted by molar-refractivity contribution is 7.73. The van der Waals surface area contributed by atoms with Gasteiger partial charge in [0.05, 0.1) is 10.4 Å². The highest BCUT2D eigenvalue weighted by atomic mass is 32.2. The first-order valence-corrected chi connectivity index (χ1v) is 4.46. The van der Waals surface area contributed by atoms with Crippen LogP contribution in [0.4, 0.5) is 0 Å². The van der Waals surface area contributed by atoms with Gasteiger partial charge in [-0.25, -0.2) is 4.79 Å². The van der Waals surface area contributed by atoms with Crippen LogP contribution in [-0.2, 0) is 15.1 Å². The van der Waals surface area contributed by atoms with Crippen LogP contribution in [0.25, 0.3) is 0 Å². The second kappa shape index (κ2) is 3.44. The average Bonchev–Trinajstić information content (AvgIpc) is 2.04. The van der Waals surface area contributed by atoms with E-state index in [0.717, 1.165) is 6.08 Å². The standard InChI is InChI=1S/C7H7NO4S/c8-6-2-1-4(13(11)12)3-5(6)7(9)10/h2-3H,1,8H2,(H,9,10). The van der Waals surface area contributed by atoms with Crippen LogP contribution in [0.5, 0.6) is 0 Å². The fraction of sp³-hybridized carbons (Fsp3) is 0.143. The number of rotatable bonds is 1.